The second-order valence-corrected chi connectivity index (χ2v) is 6.06. The van der Waals surface area contributed by atoms with E-state index in [0.717, 1.165) is 18.6 Å². The third kappa shape index (κ3) is 5.58. The first-order valence-electron chi connectivity index (χ1n) is 8.23. The van der Waals surface area contributed by atoms with E-state index in [1.165, 1.54) is 19.3 Å². The van der Waals surface area contributed by atoms with Gasteiger partial charge in [0, 0.05) is 12.1 Å². The third-order valence-electron chi connectivity index (χ3n) is 4.22. The highest BCUT2D eigenvalue weighted by atomic mass is 16.5. The van der Waals surface area contributed by atoms with E-state index in [4.69, 9.17) is 9.47 Å². The van der Waals surface area contributed by atoms with Gasteiger partial charge in [0.15, 0.2) is 6.10 Å². The van der Waals surface area contributed by atoms with Crippen molar-refractivity contribution in [1.29, 1.82) is 0 Å². The Morgan fingerprint density at radius 2 is 1.83 bits per heavy atom. The molecule has 1 aromatic carbocycles. The number of methoxy groups -OCH3 is 1. The van der Waals surface area contributed by atoms with Crippen molar-refractivity contribution in [1.82, 2.24) is 0 Å². The smallest absolute Gasteiger partial charge is 0.306 e. The number of hydrogen-bond acceptors (Lipinski definition) is 4. The van der Waals surface area contributed by atoms with E-state index in [-0.39, 0.29) is 11.9 Å². The van der Waals surface area contributed by atoms with Gasteiger partial charge in [0.2, 0.25) is 0 Å². The van der Waals surface area contributed by atoms with E-state index in [1.807, 2.05) is 0 Å². The molecule has 0 aromatic heterocycles. The van der Waals surface area contributed by atoms with Gasteiger partial charge in [-0.3, -0.25) is 9.59 Å². The largest absolute Gasteiger partial charge is 0.497 e. The Labute approximate surface area is 137 Å². The fourth-order valence-electron chi connectivity index (χ4n) is 2.84. The maximum Gasteiger partial charge on any atom is 0.306 e. The number of ether oxygens (including phenoxy) is 2. The van der Waals surface area contributed by atoms with Crippen LogP contribution in [0.3, 0.4) is 0 Å². The van der Waals surface area contributed by atoms with Crippen LogP contribution in [-0.4, -0.2) is 25.1 Å². The van der Waals surface area contributed by atoms with Crippen molar-refractivity contribution in [2.45, 2.75) is 51.6 Å². The number of rotatable bonds is 6. The lowest BCUT2D eigenvalue weighted by Crippen LogP contribution is -2.30. The lowest BCUT2D eigenvalue weighted by Gasteiger charge is -2.21. The predicted molar refractivity (Wildman–Crippen MR) is 88.4 cm³/mol. The van der Waals surface area contributed by atoms with Gasteiger partial charge in [-0.05, 0) is 49.9 Å². The van der Waals surface area contributed by atoms with Crippen LogP contribution in [0.2, 0.25) is 0 Å². The summed E-state index contributed by atoms with van der Waals surface area (Å²) in [6.45, 7) is 1.59. The van der Waals surface area contributed by atoms with Gasteiger partial charge in [0.1, 0.15) is 5.75 Å². The Bertz CT molecular complexity index is 520. The number of esters is 1. The van der Waals surface area contributed by atoms with Crippen molar-refractivity contribution >= 4 is 17.6 Å². The molecule has 1 saturated carbocycles. The van der Waals surface area contributed by atoms with Crippen LogP contribution < -0.4 is 10.1 Å². The average Bonchev–Trinajstić information content (AvgIpc) is 2.56. The number of anilines is 1. The molecule has 0 aliphatic heterocycles. The highest BCUT2D eigenvalue weighted by Gasteiger charge is 2.22. The molecule has 0 heterocycles. The summed E-state index contributed by atoms with van der Waals surface area (Å²) in [5.41, 5.74) is 0.644. The van der Waals surface area contributed by atoms with Crippen molar-refractivity contribution in [3.63, 3.8) is 0 Å². The van der Waals surface area contributed by atoms with Crippen LogP contribution in [-0.2, 0) is 14.3 Å². The fourth-order valence-corrected chi connectivity index (χ4v) is 2.84. The van der Waals surface area contributed by atoms with Gasteiger partial charge >= 0.3 is 5.97 Å². The number of carbonyl (C=O) groups excluding carboxylic acids is 2. The highest BCUT2D eigenvalue weighted by Crippen LogP contribution is 2.26. The Balaban J connectivity index is 1.77. The summed E-state index contributed by atoms with van der Waals surface area (Å²) in [7, 11) is 1.58. The number of benzene rings is 1. The molecule has 5 nitrogen and oxygen atoms in total. The molecule has 1 amide bonds. The average molecular weight is 319 g/mol. The monoisotopic (exact) mass is 319 g/mol. The molecule has 23 heavy (non-hydrogen) atoms. The summed E-state index contributed by atoms with van der Waals surface area (Å²) < 4.78 is 10.3. The lowest BCUT2D eigenvalue weighted by atomic mass is 9.87. The molecule has 0 bridgehead atoms. The van der Waals surface area contributed by atoms with Gasteiger partial charge in [-0.15, -0.1) is 0 Å². The third-order valence-corrected chi connectivity index (χ3v) is 4.22. The van der Waals surface area contributed by atoms with Crippen molar-refractivity contribution in [3.05, 3.63) is 24.3 Å². The van der Waals surface area contributed by atoms with Crippen molar-refractivity contribution < 1.29 is 19.1 Å². The van der Waals surface area contributed by atoms with Crippen LogP contribution in [0.25, 0.3) is 0 Å². The first kappa shape index (κ1) is 17.3. The van der Waals surface area contributed by atoms with Crippen molar-refractivity contribution in [3.8, 4) is 5.75 Å². The molecule has 1 atom stereocenters. The zero-order valence-corrected chi connectivity index (χ0v) is 13.8. The van der Waals surface area contributed by atoms with Crippen LogP contribution in [0.1, 0.15) is 45.4 Å². The molecule has 1 fully saturated rings. The molecule has 5 heteroatoms. The summed E-state index contributed by atoms with van der Waals surface area (Å²) >= 11 is 0. The summed E-state index contributed by atoms with van der Waals surface area (Å²) in [6, 6.07) is 7.01. The van der Waals surface area contributed by atoms with Crippen LogP contribution in [0.5, 0.6) is 5.75 Å². The van der Waals surface area contributed by atoms with Gasteiger partial charge in [0.25, 0.3) is 5.91 Å². The first-order valence-corrected chi connectivity index (χ1v) is 8.23. The zero-order chi connectivity index (χ0) is 16.7. The van der Waals surface area contributed by atoms with E-state index in [0.29, 0.717) is 18.0 Å². The van der Waals surface area contributed by atoms with E-state index in [1.54, 1.807) is 38.3 Å². The van der Waals surface area contributed by atoms with Crippen LogP contribution in [0, 0.1) is 5.92 Å². The van der Waals surface area contributed by atoms with E-state index >= 15 is 0 Å². The number of carbonyl (C=O) groups is 2. The minimum atomic E-state index is -0.798. The molecule has 0 saturated heterocycles. The Morgan fingerprint density at radius 1 is 1.17 bits per heavy atom. The minimum absolute atomic E-state index is 0.283. The van der Waals surface area contributed by atoms with Crippen molar-refractivity contribution in [2.24, 2.45) is 5.92 Å². The fraction of sp³-hybridized carbons (Fsp3) is 0.556. The molecule has 1 aromatic rings. The van der Waals surface area contributed by atoms with Gasteiger partial charge < -0.3 is 14.8 Å². The van der Waals surface area contributed by atoms with Crippen LogP contribution in [0.4, 0.5) is 5.69 Å². The van der Waals surface area contributed by atoms with E-state index in [9.17, 15) is 9.59 Å². The lowest BCUT2D eigenvalue weighted by molar-refractivity contribution is -0.154. The second kappa shape index (κ2) is 8.56. The quantitative estimate of drug-likeness (QED) is 0.815. The van der Waals surface area contributed by atoms with E-state index in [2.05, 4.69) is 5.32 Å². The molecule has 1 aliphatic carbocycles. The molecule has 2 rings (SSSR count). The SMILES string of the molecule is COc1ccc(NC(=O)C(C)OC(=O)CC2CCCCC2)cc1. The number of nitrogens with one attached hydrogen (secondary N) is 1. The maximum absolute atomic E-state index is 12.1. The molecular weight excluding hydrogens is 294 g/mol. The van der Waals surface area contributed by atoms with Gasteiger partial charge in [-0.2, -0.15) is 0 Å². The minimum Gasteiger partial charge on any atom is -0.497 e. The summed E-state index contributed by atoms with van der Waals surface area (Å²) in [4.78, 5) is 24.0. The number of amides is 1. The topological polar surface area (TPSA) is 64.6 Å². The molecule has 0 radical (unpaired) electrons. The maximum atomic E-state index is 12.1. The zero-order valence-electron chi connectivity index (χ0n) is 13.8. The Kier molecular flexibility index (Phi) is 6.44. The first-order chi connectivity index (χ1) is 11.1. The molecule has 0 spiro atoms. The second-order valence-electron chi connectivity index (χ2n) is 6.06. The summed E-state index contributed by atoms with van der Waals surface area (Å²) in [5, 5.41) is 2.73. The summed E-state index contributed by atoms with van der Waals surface area (Å²) in [5.74, 6) is 0.518. The predicted octanol–water partition coefficient (Wildman–Crippen LogP) is 3.54. The van der Waals surface area contributed by atoms with Gasteiger partial charge in [0.05, 0.1) is 7.11 Å². The Morgan fingerprint density at radius 3 is 2.43 bits per heavy atom. The summed E-state index contributed by atoms with van der Waals surface area (Å²) in [6.07, 6.45) is 5.42. The van der Waals surface area contributed by atoms with Crippen molar-refractivity contribution in [2.75, 3.05) is 12.4 Å². The van der Waals surface area contributed by atoms with Crippen LogP contribution in [0.15, 0.2) is 24.3 Å². The molecular formula is C18H25NO4. The Hall–Kier alpha value is -2.04. The van der Waals surface area contributed by atoms with Gasteiger partial charge in [-0.1, -0.05) is 19.3 Å². The standard InChI is InChI=1S/C18H25NO4/c1-13(23-17(20)12-14-6-4-3-5-7-14)18(21)19-15-8-10-16(22-2)11-9-15/h8-11,13-14H,3-7,12H2,1-2H3,(H,19,21). The molecule has 126 valence electrons. The molecule has 1 aliphatic rings. The van der Waals surface area contributed by atoms with E-state index < -0.39 is 6.10 Å². The molecule has 1 unspecified atom stereocenters. The highest BCUT2D eigenvalue weighted by molar-refractivity contribution is 5.95. The number of hydrogen-bond donors (Lipinski definition) is 1. The van der Waals surface area contributed by atoms with Gasteiger partial charge in [-0.25, -0.2) is 0 Å². The normalized spacial score (nSPS) is 16.4. The van der Waals surface area contributed by atoms with Crippen LogP contribution >= 0.6 is 0 Å². The molecule has 1 N–H and O–H groups in total.